The number of hydrogen-bond acceptors (Lipinski definition) is 3. The molecule has 0 unspecified atom stereocenters. The summed E-state index contributed by atoms with van der Waals surface area (Å²) in [4.78, 5) is 9.98. The van der Waals surface area contributed by atoms with Gasteiger partial charge in [-0.2, -0.15) is 0 Å². The second-order valence-corrected chi connectivity index (χ2v) is 3.71. The van der Waals surface area contributed by atoms with Gasteiger partial charge in [0.15, 0.2) is 5.96 Å². The van der Waals surface area contributed by atoms with Crippen LogP contribution in [0.4, 0.5) is 4.39 Å². The monoisotopic (exact) mass is 238 g/mol. The molecule has 2 N–H and O–H groups in total. The molecule has 0 saturated carbocycles. The average Bonchev–Trinajstić information content (AvgIpc) is 2.38. The first-order chi connectivity index (χ1) is 8.27. The van der Waals surface area contributed by atoms with E-state index in [1.165, 1.54) is 6.07 Å². The smallest absolute Gasteiger partial charge is 0.191 e. The first-order valence-corrected chi connectivity index (χ1v) is 5.49. The van der Waals surface area contributed by atoms with E-state index >= 15 is 0 Å². The van der Waals surface area contributed by atoms with Crippen molar-refractivity contribution in [3.63, 3.8) is 0 Å². The Kier molecular flexibility index (Phi) is 3.87. The van der Waals surface area contributed by atoms with Gasteiger partial charge in [-0.3, -0.25) is 4.98 Å². The minimum Gasteiger partial charge on any atom is -0.378 e. The van der Waals surface area contributed by atoms with Gasteiger partial charge >= 0.3 is 0 Å². The Balaban J connectivity index is 1.97. The maximum absolute atomic E-state index is 13.3. The average molecular weight is 238 g/mol. The first-order valence-electron chi connectivity index (χ1n) is 5.49. The van der Waals surface area contributed by atoms with Crippen LogP contribution in [0.5, 0.6) is 0 Å². The fourth-order valence-corrected chi connectivity index (χ4v) is 1.58. The van der Waals surface area contributed by atoms with Crippen molar-refractivity contribution in [1.82, 2.24) is 9.88 Å². The molecule has 6 heteroatoms. The standard InChI is InChI=1S/C11H15FN4O/c12-9-2-1-3-14-10(9)8-15-11(13)16-4-6-17-7-5-16/h1-3H,4-8H2,(H2,13,15). The van der Waals surface area contributed by atoms with Gasteiger partial charge < -0.3 is 15.4 Å². The fraction of sp³-hybridized carbons (Fsp3) is 0.455. The highest BCUT2D eigenvalue weighted by atomic mass is 19.1. The molecule has 1 aliphatic rings. The third-order valence-corrected chi connectivity index (χ3v) is 2.56. The van der Waals surface area contributed by atoms with Crippen LogP contribution in [0, 0.1) is 5.82 Å². The van der Waals surface area contributed by atoms with Crippen LogP contribution in [-0.2, 0) is 11.3 Å². The number of guanidine groups is 1. The van der Waals surface area contributed by atoms with Crippen LogP contribution in [0.25, 0.3) is 0 Å². The zero-order valence-corrected chi connectivity index (χ0v) is 9.47. The molecule has 5 nitrogen and oxygen atoms in total. The predicted octanol–water partition coefficient (Wildman–Crippen LogP) is 0.368. The van der Waals surface area contributed by atoms with Gasteiger partial charge in [-0.1, -0.05) is 0 Å². The molecule has 1 fully saturated rings. The number of ether oxygens (including phenoxy) is 1. The van der Waals surface area contributed by atoms with Gasteiger partial charge in [0.25, 0.3) is 0 Å². The second-order valence-electron chi connectivity index (χ2n) is 3.71. The van der Waals surface area contributed by atoms with Gasteiger partial charge in [-0.25, -0.2) is 9.38 Å². The quantitative estimate of drug-likeness (QED) is 0.597. The minimum atomic E-state index is -0.356. The largest absolute Gasteiger partial charge is 0.378 e. The maximum atomic E-state index is 13.3. The van der Waals surface area contributed by atoms with Crippen LogP contribution in [0.2, 0.25) is 0 Å². The third kappa shape index (κ3) is 3.13. The molecule has 17 heavy (non-hydrogen) atoms. The Morgan fingerprint density at radius 1 is 1.53 bits per heavy atom. The summed E-state index contributed by atoms with van der Waals surface area (Å²) >= 11 is 0. The molecule has 0 spiro atoms. The van der Waals surface area contributed by atoms with Crippen molar-refractivity contribution in [2.45, 2.75) is 6.54 Å². The van der Waals surface area contributed by atoms with E-state index in [-0.39, 0.29) is 12.4 Å². The molecule has 0 atom stereocenters. The van der Waals surface area contributed by atoms with Crippen molar-refractivity contribution in [1.29, 1.82) is 0 Å². The lowest BCUT2D eigenvalue weighted by atomic mass is 10.3. The van der Waals surface area contributed by atoms with Gasteiger partial charge in [-0.15, -0.1) is 0 Å². The van der Waals surface area contributed by atoms with E-state index in [4.69, 9.17) is 10.5 Å². The summed E-state index contributed by atoms with van der Waals surface area (Å²) in [7, 11) is 0. The van der Waals surface area contributed by atoms with Gasteiger partial charge in [0, 0.05) is 19.3 Å². The lowest BCUT2D eigenvalue weighted by Crippen LogP contribution is -2.44. The number of pyridine rings is 1. The van der Waals surface area contributed by atoms with Gasteiger partial charge in [0.2, 0.25) is 0 Å². The lowest BCUT2D eigenvalue weighted by molar-refractivity contribution is 0.0674. The van der Waals surface area contributed by atoms with Crippen molar-refractivity contribution >= 4 is 5.96 Å². The zero-order valence-electron chi connectivity index (χ0n) is 9.47. The zero-order chi connectivity index (χ0) is 12.1. The van der Waals surface area contributed by atoms with Crippen LogP contribution in [0.3, 0.4) is 0 Å². The van der Waals surface area contributed by atoms with Crippen molar-refractivity contribution in [3.05, 3.63) is 29.8 Å². The van der Waals surface area contributed by atoms with E-state index in [0.717, 1.165) is 13.1 Å². The molecule has 0 aliphatic carbocycles. The predicted molar refractivity (Wildman–Crippen MR) is 61.9 cm³/mol. The molecule has 2 heterocycles. The van der Waals surface area contributed by atoms with Gasteiger partial charge in [0.1, 0.15) is 5.82 Å². The van der Waals surface area contributed by atoms with E-state index < -0.39 is 0 Å². The summed E-state index contributed by atoms with van der Waals surface area (Å²) in [5, 5.41) is 0. The Morgan fingerprint density at radius 2 is 2.29 bits per heavy atom. The molecule has 92 valence electrons. The van der Waals surface area contributed by atoms with Crippen LogP contribution in [0.15, 0.2) is 23.3 Å². The number of halogens is 1. The number of morpholine rings is 1. The van der Waals surface area contributed by atoms with Crippen molar-refractivity contribution in [3.8, 4) is 0 Å². The second kappa shape index (κ2) is 5.58. The molecule has 0 aromatic carbocycles. The number of hydrogen-bond donors (Lipinski definition) is 1. The number of aromatic nitrogens is 1. The summed E-state index contributed by atoms with van der Waals surface area (Å²) in [5.41, 5.74) is 6.13. The molecule has 2 rings (SSSR count). The van der Waals surface area contributed by atoms with Crippen LogP contribution in [0.1, 0.15) is 5.69 Å². The fourth-order valence-electron chi connectivity index (χ4n) is 1.58. The highest BCUT2D eigenvalue weighted by Gasteiger charge is 2.12. The number of nitrogens with two attached hydrogens (primary N) is 1. The van der Waals surface area contributed by atoms with E-state index in [1.807, 2.05) is 4.90 Å². The Morgan fingerprint density at radius 3 is 3.00 bits per heavy atom. The Hall–Kier alpha value is -1.69. The van der Waals surface area contributed by atoms with E-state index in [9.17, 15) is 4.39 Å². The highest BCUT2D eigenvalue weighted by Crippen LogP contribution is 2.04. The van der Waals surface area contributed by atoms with E-state index in [1.54, 1.807) is 12.3 Å². The number of nitrogens with zero attached hydrogens (tertiary/aromatic N) is 3. The molecular formula is C11H15FN4O. The van der Waals surface area contributed by atoms with Gasteiger partial charge in [0.05, 0.1) is 25.5 Å². The normalized spacial score (nSPS) is 17.2. The van der Waals surface area contributed by atoms with Crippen molar-refractivity contribution < 1.29 is 9.13 Å². The van der Waals surface area contributed by atoms with E-state index in [2.05, 4.69) is 9.98 Å². The summed E-state index contributed by atoms with van der Waals surface area (Å²) in [6.45, 7) is 2.90. The molecule has 1 aromatic heterocycles. The maximum Gasteiger partial charge on any atom is 0.191 e. The molecular weight excluding hydrogens is 223 g/mol. The SMILES string of the molecule is NC(=NCc1ncccc1F)N1CCOCC1. The highest BCUT2D eigenvalue weighted by molar-refractivity contribution is 5.78. The Labute approximate surface area is 99.1 Å². The molecule has 0 radical (unpaired) electrons. The lowest BCUT2D eigenvalue weighted by Gasteiger charge is -2.27. The molecule has 0 bridgehead atoms. The number of rotatable bonds is 2. The van der Waals surface area contributed by atoms with Gasteiger partial charge in [-0.05, 0) is 12.1 Å². The number of aliphatic imine (C=N–C) groups is 1. The summed E-state index contributed by atoms with van der Waals surface area (Å²) in [5.74, 6) is 0.0596. The molecule has 1 aromatic rings. The minimum absolute atomic E-state index is 0.163. The van der Waals surface area contributed by atoms with Crippen molar-refractivity contribution in [2.24, 2.45) is 10.7 Å². The summed E-state index contributed by atoms with van der Waals surface area (Å²) < 4.78 is 18.5. The first kappa shape index (κ1) is 11.8. The van der Waals surface area contributed by atoms with E-state index in [0.29, 0.717) is 24.9 Å². The summed E-state index contributed by atoms with van der Waals surface area (Å²) in [6, 6.07) is 2.91. The summed E-state index contributed by atoms with van der Waals surface area (Å²) in [6.07, 6.45) is 1.54. The topological polar surface area (TPSA) is 63.7 Å². The van der Waals surface area contributed by atoms with Crippen LogP contribution >= 0.6 is 0 Å². The Bertz CT molecular complexity index is 404. The van der Waals surface area contributed by atoms with Crippen LogP contribution in [-0.4, -0.2) is 42.1 Å². The van der Waals surface area contributed by atoms with Crippen LogP contribution < -0.4 is 5.73 Å². The third-order valence-electron chi connectivity index (χ3n) is 2.56. The molecule has 1 aliphatic heterocycles. The molecule has 1 saturated heterocycles. The molecule has 0 amide bonds. The van der Waals surface area contributed by atoms with Crippen molar-refractivity contribution in [2.75, 3.05) is 26.3 Å².